The average molecular weight is 266 g/mol. The Hall–Kier alpha value is -0.570. The van der Waals surface area contributed by atoms with Gasteiger partial charge in [0.2, 0.25) is 5.91 Å². The second-order valence-electron chi connectivity index (χ2n) is 6.82. The van der Waals surface area contributed by atoms with Crippen molar-refractivity contribution in [2.24, 2.45) is 11.8 Å². The lowest BCUT2D eigenvalue weighted by Crippen LogP contribution is -2.51. The van der Waals surface area contributed by atoms with Crippen molar-refractivity contribution in [3.8, 4) is 0 Å². The minimum Gasteiger partial charge on any atom is -0.341 e. The van der Waals surface area contributed by atoms with Crippen LogP contribution in [0.1, 0.15) is 52.9 Å². The van der Waals surface area contributed by atoms with Gasteiger partial charge in [-0.25, -0.2) is 0 Å². The second-order valence-corrected chi connectivity index (χ2v) is 6.82. The molecule has 2 saturated heterocycles. The van der Waals surface area contributed by atoms with Crippen molar-refractivity contribution in [3.05, 3.63) is 0 Å². The van der Waals surface area contributed by atoms with Crippen molar-refractivity contribution in [3.63, 3.8) is 0 Å². The highest BCUT2D eigenvalue weighted by Crippen LogP contribution is 2.22. The number of hydrogen-bond donors (Lipinski definition) is 0. The van der Waals surface area contributed by atoms with Crippen LogP contribution < -0.4 is 0 Å². The van der Waals surface area contributed by atoms with Gasteiger partial charge in [-0.2, -0.15) is 0 Å². The molecule has 0 N–H and O–H groups in total. The monoisotopic (exact) mass is 266 g/mol. The molecule has 0 spiro atoms. The topological polar surface area (TPSA) is 23.6 Å². The minimum atomic E-state index is 0.0793. The predicted octanol–water partition coefficient (Wildman–Crippen LogP) is 2.76. The van der Waals surface area contributed by atoms with E-state index in [0.29, 0.717) is 17.7 Å². The molecule has 2 aliphatic heterocycles. The fourth-order valence-electron chi connectivity index (χ4n) is 3.75. The zero-order valence-corrected chi connectivity index (χ0v) is 12.9. The Morgan fingerprint density at radius 2 is 1.53 bits per heavy atom. The standard InChI is InChI=1S/C16H30N2O/c1-13-10-14(2)12-18(11-13)16(19)15(3)17-8-6-4-5-7-9-17/h13-15H,4-12H2,1-3H3. The summed E-state index contributed by atoms with van der Waals surface area (Å²) >= 11 is 0. The van der Waals surface area contributed by atoms with Crippen molar-refractivity contribution in [2.75, 3.05) is 26.2 Å². The van der Waals surface area contributed by atoms with E-state index in [2.05, 4.69) is 30.6 Å². The molecule has 3 atom stereocenters. The van der Waals surface area contributed by atoms with Gasteiger partial charge in [0.05, 0.1) is 6.04 Å². The van der Waals surface area contributed by atoms with Crippen LogP contribution in [-0.4, -0.2) is 47.9 Å². The SMILES string of the molecule is CC1CC(C)CN(C(=O)C(C)N2CCCCCC2)C1. The Labute approximate surface area is 118 Å². The van der Waals surface area contributed by atoms with Gasteiger partial charge in [0.1, 0.15) is 0 Å². The number of likely N-dealkylation sites (tertiary alicyclic amines) is 2. The summed E-state index contributed by atoms with van der Waals surface area (Å²) in [6.45, 7) is 10.8. The van der Waals surface area contributed by atoms with Gasteiger partial charge < -0.3 is 4.90 Å². The van der Waals surface area contributed by atoms with Crippen molar-refractivity contribution in [2.45, 2.75) is 58.9 Å². The van der Waals surface area contributed by atoms with E-state index >= 15 is 0 Å². The van der Waals surface area contributed by atoms with E-state index < -0.39 is 0 Å². The molecule has 19 heavy (non-hydrogen) atoms. The summed E-state index contributed by atoms with van der Waals surface area (Å²) in [5.74, 6) is 1.67. The lowest BCUT2D eigenvalue weighted by molar-refractivity contribution is -0.139. The van der Waals surface area contributed by atoms with Crippen molar-refractivity contribution >= 4 is 5.91 Å². The normalized spacial score (nSPS) is 31.8. The maximum atomic E-state index is 12.7. The first-order valence-electron chi connectivity index (χ1n) is 8.10. The molecule has 0 aromatic carbocycles. The lowest BCUT2D eigenvalue weighted by Gasteiger charge is -2.38. The summed E-state index contributed by atoms with van der Waals surface area (Å²) in [6.07, 6.45) is 6.43. The Kier molecular flexibility index (Phi) is 5.26. The number of carbonyl (C=O) groups is 1. The second kappa shape index (κ2) is 6.74. The van der Waals surface area contributed by atoms with Crippen LogP contribution in [0, 0.1) is 11.8 Å². The first kappa shape index (κ1) is 14.8. The van der Waals surface area contributed by atoms with Gasteiger partial charge in [-0.3, -0.25) is 9.69 Å². The van der Waals surface area contributed by atoms with Gasteiger partial charge >= 0.3 is 0 Å². The molecule has 3 heteroatoms. The van der Waals surface area contributed by atoms with E-state index in [1.165, 1.54) is 32.1 Å². The van der Waals surface area contributed by atoms with Gasteiger partial charge in [0.15, 0.2) is 0 Å². The fourth-order valence-corrected chi connectivity index (χ4v) is 3.75. The van der Waals surface area contributed by atoms with E-state index in [9.17, 15) is 4.79 Å². The largest absolute Gasteiger partial charge is 0.341 e. The van der Waals surface area contributed by atoms with Crippen LogP contribution in [0.3, 0.4) is 0 Å². The molecule has 0 aromatic rings. The van der Waals surface area contributed by atoms with Gasteiger partial charge in [-0.05, 0) is 51.1 Å². The van der Waals surface area contributed by atoms with E-state index in [0.717, 1.165) is 26.2 Å². The molecule has 2 heterocycles. The molecular formula is C16H30N2O. The Balaban J connectivity index is 1.93. The fraction of sp³-hybridized carbons (Fsp3) is 0.938. The number of amides is 1. The summed E-state index contributed by atoms with van der Waals surface area (Å²) in [6, 6.07) is 0.0793. The number of carbonyl (C=O) groups excluding carboxylic acids is 1. The molecule has 3 unspecified atom stereocenters. The zero-order chi connectivity index (χ0) is 13.8. The van der Waals surface area contributed by atoms with Crippen LogP contribution >= 0.6 is 0 Å². The van der Waals surface area contributed by atoms with Gasteiger partial charge in [-0.1, -0.05) is 26.7 Å². The van der Waals surface area contributed by atoms with Crippen molar-refractivity contribution < 1.29 is 4.79 Å². The molecule has 0 bridgehead atoms. The van der Waals surface area contributed by atoms with Crippen LogP contribution in [0.15, 0.2) is 0 Å². The third kappa shape index (κ3) is 3.95. The Morgan fingerprint density at radius 1 is 1.00 bits per heavy atom. The number of hydrogen-bond acceptors (Lipinski definition) is 2. The summed E-state index contributed by atoms with van der Waals surface area (Å²) in [5, 5.41) is 0. The summed E-state index contributed by atoms with van der Waals surface area (Å²) < 4.78 is 0. The van der Waals surface area contributed by atoms with E-state index in [1.807, 2.05) is 0 Å². The van der Waals surface area contributed by atoms with Crippen LogP contribution in [-0.2, 0) is 4.79 Å². The molecule has 3 nitrogen and oxygen atoms in total. The number of rotatable bonds is 2. The van der Waals surface area contributed by atoms with E-state index in [-0.39, 0.29) is 6.04 Å². The third-order valence-electron chi connectivity index (χ3n) is 4.73. The molecule has 1 amide bonds. The highest BCUT2D eigenvalue weighted by Gasteiger charge is 2.30. The van der Waals surface area contributed by atoms with Crippen LogP contribution in [0.5, 0.6) is 0 Å². The molecule has 0 radical (unpaired) electrons. The Morgan fingerprint density at radius 3 is 2.05 bits per heavy atom. The maximum absolute atomic E-state index is 12.7. The average Bonchev–Trinajstić information content (AvgIpc) is 2.64. The molecule has 2 aliphatic rings. The highest BCUT2D eigenvalue weighted by molar-refractivity contribution is 5.81. The minimum absolute atomic E-state index is 0.0793. The first-order chi connectivity index (χ1) is 9.08. The molecule has 110 valence electrons. The van der Waals surface area contributed by atoms with Crippen LogP contribution in [0.25, 0.3) is 0 Å². The third-order valence-corrected chi connectivity index (χ3v) is 4.73. The summed E-state index contributed by atoms with van der Waals surface area (Å²) in [4.78, 5) is 17.2. The van der Waals surface area contributed by atoms with Gasteiger partial charge in [0, 0.05) is 13.1 Å². The maximum Gasteiger partial charge on any atom is 0.239 e. The number of piperidine rings is 1. The zero-order valence-electron chi connectivity index (χ0n) is 12.9. The molecule has 2 rings (SSSR count). The molecular weight excluding hydrogens is 236 g/mol. The first-order valence-corrected chi connectivity index (χ1v) is 8.10. The van der Waals surface area contributed by atoms with Crippen molar-refractivity contribution in [1.82, 2.24) is 9.80 Å². The Bertz CT molecular complexity index is 287. The molecule has 0 aromatic heterocycles. The predicted molar refractivity (Wildman–Crippen MR) is 79.0 cm³/mol. The van der Waals surface area contributed by atoms with E-state index in [1.54, 1.807) is 0 Å². The van der Waals surface area contributed by atoms with Gasteiger partial charge in [0.25, 0.3) is 0 Å². The summed E-state index contributed by atoms with van der Waals surface area (Å²) in [5.41, 5.74) is 0. The molecule has 0 aliphatic carbocycles. The van der Waals surface area contributed by atoms with Crippen molar-refractivity contribution in [1.29, 1.82) is 0 Å². The molecule has 2 fully saturated rings. The smallest absolute Gasteiger partial charge is 0.239 e. The quantitative estimate of drug-likeness (QED) is 0.767. The van der Waals surface area contributed by atoms with Crippen LogP contribution in [0.4, 0.5) is 0 Å². The highest BCUT2D eigenvalue weighted by atomic mass is 16.2. The van der Waals surface area contributed by atoms with E-state index in [4.69, 9.17) is 0 Å². The van der Waals surface area contributed by atoms with Gasteiger partial charge in [-0.15, -0.1) is 0 Å². The number of nitrogens with zero attached hydrogens (tertiary/aromatic N) is 2. The molecule has 0 saturated carbocycles. The van der Waals surface area contributed by atoms with Crippen LogP contribution in [0.2, 0.25) is 0 Å². The lowest BCUT2D eigenvalue weighted by atomic mass is 9.91. The summed E-state index contributed by atoms with van der Waals surface area (Å²) in [7, 11) is 0.